The number of carbonyl (C=O) groups is 1. The van der Waals surface area contributed by atoms with Crippen LogP contribution in [0, 0.1) is 11.1 Å². The highest BCUT2D eigenvalue weighted by molar-refractivity contribution is 5.54. The monoisotopic (exact) mass is 492 g/mol. The van der Waals surface area contributed by atoms with Gasteiger partial charge in [-0.1, -0.05) is 19.1 Å². The van der Waals surface area contributed by atoms with E-state index in [0.717, 1.165) is 23.5 Å². The first-order valence-corrected chi connectivity index (χ1v) is 10.9. The van der Waals surface area contributed by atoms with E-state index in [4.69, 9.17) is 0 Å². The number of rotatable bonds is 12. The number of halogens is 4. The van der Waals surface area contributed by atoms with E-state index in [-0.39, 0.29) is 5.92 Å². The number of hydrogen-bond acceptors (Lipinski definition) is 5. The Bertz CT molecular complexity index is 1100. The summed E-state index contributed by atoms with van der Waals surface area (Å²) < 4.78 is 60.8. The topological polar surface area (TPSA) is 75.4 Å². The van der Waals surface area contributed by atoms with Gasteiger partial charge in [-0.05, 0) is 54.2 Å². The fraction of sp³-hybridized carbons (Fsp3) is 0.320. The van der Waals surface area contributed by atoms with Crippen molar-refractivity contribution in [2.75, 3.05) is 0 Å². The van der Waals surface area contributed by atoms with Crippen LogP contribution in [0.15, 0.2) is 61.1 Å². The van der Waals surface area contributed by atoms with E-state index in [1.165, 1.54) is 24.5 Å². The van der Waals surface area contributed by atoms with Crippen LogP contribution in [0.3, 0.4) is 0 Å². The zero-order chi connectivity index (χ0) is 25.4. The predicted octanol–water partition coefficient (Wildman–Crippen LogP) is 5.06. The number of hydrogen-bond donors (Lipinski definition) is 0. The minimum atomic E-state index is -3.24. The van der Waals surface area contributed by atoms with Crippen molar-refractivity contribution >= 4 is 6.29 Å². The van der Waals surface area contributed by atoms with Crippen molar-refractivity contribution < 1.29 is 36.6 Å². The van der Waals surface area contributed by atoms with Crippen molar-refractivity contribution in [3.8, 4) is 11.5 Å². The molecule has 6 nitrogen and oxygen atoms in total. The van der Waals surface area contributed by atoms with Crippen molar-refractivity contribution in [1.82, 2.24) is 4.98 Å². The lowest BCUT2D eigenvalue weighted by Gasteiger charge is -2.20. The Balaban J connectivity index is 1.99. The Labute approximate surface area is 199 Å². The van der Waals surface area contributed by atoms with Crippen LogP contribution in [0.4, 0.5) is 17.6 Å². The summed E-state index contributed by atoms with van der Waals surface area (Å²) in [6.07, 6.45) is 6.78. The molecule has 3 rings (SSSR count). The van der Waals surface area contributed by atoms with Crippen LogP contribution in [0.25, 0.3) is 0 Å². The molecule has 0 saturated carbocycles. The first-order valence-electron chi connectivity index (χ1n) is 10.9. The van der Waals surface area contributed by atoms with Crippen LogP contribution in [0.5, 0.6) is 11.5 Å². The molecule has 0 amide bonds. The van der Waals surface area contributed by atoms with Crippen LogP contribution >= 0.6 is 0 Å². The number of benzene rings is 1. The summed E-state index contributed by atoms with van der Waals surface area (Å²) in [4.78, 5) is 15.7. The summed E-state index contributed by atoms with van der Waals surface area (Å²) in [5.74, 6) is -1.66. The summed E-state index contributed by atoms with van der Waals surface area (Å²) in [6.45, 7) is -4.54. The van der Waals surface area contributed by atoms with E-state index in [0.29, 0.717) is 35.3 Å². The minimum Gasteiger partial charge on any atom is -0.619 e. The van der Waals surface area contributed by atoms with Crippen LogP contribution in [0.2, 0.25) is 0 Å². The Hall–Kier alpha value is -3.69. The molecule has 0 radical (unpaired) electrons. The molecule has 0 spiro atoms. The van der Waals surface area contributed by atoms with Gasteiger partial charge in [0.15, 0.2) is 23.9 Å². The Morgan fingerprint density at radius 2 is 1.63 bits per heavy atom. The van der Waals surface area contributed by atoms with Gasteiger partial charge in [-0.25, -0.2) is 0 Å². The van der Waals surface area contributed by atoms with E-state index in [1.54, 1.807) is 24.4 Å². The largest absolute Gasteiger partial charge is 0.619 e. The third-order valence-electron chi connectivity index (χ3n) is 5.53. The summed E-state index contributed by atoms with van der Waals surface area (Å²) in [5.41, 5.74) is 2.68. The normalized spacial score (nSPS) is 13.0. The molecule has 186 valence electrons. The molecular weight excluding hydrogens is 468 g/mol. The maximum Gasteiger partial charge on any atom is 0.387 e. The standard InChI is InChI=1S/C25H24F4N2O4/c1-2-16(15-32)11-18-3-5-21(30-14-18)20(12-17-7-9-31(33)10-8-17)19-4-6-22(34-24(26)27)23(13-19)35-25(28)29/h3-10,13-16,20,24-25H,2,11-12H2,1H3. The number of alkyl halides is 4. The number of aldehydes is 1. The van der Waals surface area contributed by atoms with Crippen molar-refractivity contribution in [2.45, 2.75) is 45.3 Å². The second-order valence-corrected chi connectivity index (χ2v) is 7.89. The highest BCUT2D eigenvalue weighted by Crippen LogP contribution is 2.36. The number of pyridine rings is 2. The van der Waals surface area contributed by atoms with Gasteiger partial charge in [-0.2, -0.15) is 22.3 Å². The number of aromatic nitrogens is 2. The quantitative estimate of drug-likeness (QED) is 0.153. The van der Waals surface area contributed by atoms with E-state index < -0.39 is 30.6 Å². The molecule has 10 heteroatoms. The lowest BCUT2D eigenvalue weighted by atomic mass is 9.88. The zero-order valence-electron chi connectivity index (χ0n) is 18.8. The predicted molar refractivity (Wildman–Crippen MR) is 118 cm³/mol. The highest BCUT2D eigenvalue weighted by atomic mass is 19.3. The molecule has 0 aliphatic heterocycles. The highest BCUT2D eigenvalue weighted by Gasteiger charge is 2.22. The Kier molecular flexibility index (Phi) is 8.99. The van der Waals surface area contributed by atoms with Gasteiger partial charge in [-0.15, -0.1) is 0 Å². The lowest BCUT2D eigenvalue weighted by Crippen LogP contribution is -2.24. The maximum absolute atomic E-state index is 13.0. The van der Waals surface area contributed by atoms with Gasteiger partial charge in [0.25, 0.3) is 0 Å². The second kappa shape index (κ2) is 12.1. The molecule has 2 atom stereocenters. The summed E-state index contributed by atoms with van der Waals surface area (Å²) >= 11 is 0. The average molecular weight is 492 g/mol. The molecule has 0 aliphatic rings. The number of carbonyl (C=O) groups excluding carboxylic acids is 1. The third kappa shape index (κ3) is 7.40. The van der Waals surface area contributed by atoms with Gasteiger partial charge < -0.3 is 19.5 Å². The van der Waals surface area contributed by atoms with E-state index in [2.05, 4.69) is 14.5 Å². The number of ether oxygens (including phenoxy) is 2. The van der Waals surface area contributed by atoms with Crippen LogP contribution in [0.1, 0.15) is 41.6 Å². The van der Waals surface area contributed by atoms with Crippen LogP contribution in [-0.2, 0) is 17.6 Å². The summed E-state index contributed by atoms with van der Waals surface area (Å²) in [7, 11) is 0. The fourth-order valence-electron chi connectivity index (χ4n) is 3.69. The molecule has 0 saturated heterocycles. The molecule has 3 aromatic rings. The van der Waals surface area contributed by atoms with Crippen molar-refractivity contribution in [2.24, 2.45) is 5.92 Å². The molecular formula is C25H24F4N2O4. The van der Waals surface area contributed by atoms with Crippen LogP contribution in [-0.4, -0.2) is 24.5 Å². The summed E-state index contributed by atoms with van der Waals surface area (Å²) in [6, 6.07) is 10.7. The van der Waals surface area contributed by atoms with Crippen molar-refractivity contribution in [3.05, 3.63) is 88.6 Å². The Morgan fingerprint density at radius 1 is 0.943 bits per heavy atom. The molecule has 35 heavy (non-hydrogen) atoms. The van der Waals surface area contributed by atoms with Gasteiger partial charge >= 0.3 is 13.2 Å². The average Bonchev–Trinajstić information content (AvgIpc) is 2.83. The molecule has 0 bridgehead atoms. The van der Waals surface area contributed by atoms with E-state index >= 15 is 0 Å². The fourth-order valence-corrected chi connectivity index (χ4v) is 3.69. The maximum atomic E-state index is 13.0. The minimum absolute atomic E-state index is 0.127. The molecule has 2 unspecified atom stereocenters. The molecule has 0 N–H and O–H groups in total. The van der Waals surface area contributed by atoms with Gasteiger partial charge in [0, 0.05) is 35.9 Å². The molecule has 2 aromatic heterocycles. The van der Waals surface area contributed by atoms with Crippen molar-refractivity contribution in [1.29, 1.82) is 0 Å². The van der Waals surface area contributed by atoms with Crippen LogP contribution < -0.4 is 14.2 Å². The smallest absolute Gasteiger partial charge is 0.387 e. The van der Waals surface area contributed by atoms with Gasteiger partial charge in [0.05, 0.1) is 0 Å². The molecule has 0 aliphatic carbocycles. The number of nitrogens with zero attached hydrogens (tertiary/aromatic N) is 2. The molecule has 1 aromatic carbocycles. The SMILES string of the molecule is CCC(C=O)Cc1ccc(C(Cc2cc[n+]([O-])cc2)c2ccc(OC(F)F)c(OC(F)F)c2)nc1. The Morgan fingerprint density at radius 3 is 2.20 bits per heavy atom. The van der Waals surface area contributed by atoms with Gasteiger partial charge in [-0.3, -0.25) is 4.98 Å². The van der Waals surface area contributed by atoms with Crippen molar-refractivity contribution in [3.63, 3.8) is 0 Å². The zero-order valence-corrected chi connectivity index (χ0v) is 18.8. The van der Waals surface area contributed by atoms with E-state index in [1.807, 2.05) is 13.0 Å². The van der Waals surface area contributed by atoms with Gasteiger partial charge in [0.2, 0.25) is 0 Å². The summed E-state index contributed by atoms with van der Waals surface area (Å²) in [5, 5.41) is 11.4. The second-order valence-electron chi connectivity index (χ2n) is 7.89. The third-order valence-corrected chi connectivity index (χ3v) is 5.53. The first kappa shape index (κ1) is 25.9. The van der Waals surface area contributed by atoms with Gasteiger partial charge in [0.1, 0.15) is 6.29 Å². The lowest BCUT2D eigenvalue weighted by molar-refractivity contribution is -0.605. The molecule has 2 heterocycles. The molecule has 0 fully saturated rings. The van der Waals surface area contributed by atoms with E-state index in [9.17, 15) is 27.6 Å². The first-order chi connectivity index (χ1) is 16.8.